The summed E-state index contributed by atoms with van der Waals surface area (Å²) >= 11 is 6.15. The lowest BCUT2D eigenvalue weighted by atomic mass is 9.73. The summed E-state index contributed by atoms with van der Waals surface area (Å²) in [4.78, 5) is 25.7. The molecular formula is C23H22ClNO4. The molecule has 0 unspecified atom stereocenters. The number of benzene rings is 2. The molecule has 1 N–H and O–H groups in total. The third-order valence-electron chi connectivity index (χ3n) is 5.66. The molecule has 2 atom stereocenters. The molecule has 0 saturated carbocycles. The predicted octanol–water partition coefficient (Wildman–Crippen LogP) is 4.36. The van der Waals surface area contributed by atoms with Crippen molar-refractivity contribution in [3.05, 3.63) is 69.9 Å². The highest BCUT2D eigenvalue weighted by Gasteiger charge is 2.39. The zero-order chi connectivity index (χ0) is 20.5. The number of rotatable bonds is 4. The van der Waals surface area contributed by atoms with Crippen molar-refractivity contribution in [2.45, 2.75) is 31.1 Å². The predicted molar refractivity (Wildman–Crippen MR) is 111 cm³/mol. The minimum Gasteiger partial charge on any atom is -0.497 e. The SMILES string of the molecule is COc1ccc(OC)c([C@H]2CC(=O)C3=C(C2)NC(=O)C[C@@H]3c2cccc(Cl)c2)c1. The van der Waals surface area contributed by atoms with Crippen LogP contribution in [-0.2, 0) is 9.59 Å². The number of methoxy groups -OCH3 is 2. The third kappa shape index (κ3) is 3.75. The van der Waals surface area contributed by atoms with Crippen molar-refractivity contribution in [1.29, 1.82) is 0 Å². The lowest BCUT2D eigenvalue weighted by Gasteiger charge is -2.35. The van der Waals surface area contributed by atoms with E-state index in [2.05, 4.69) is 5.32 Å². The van der Waals surface area contributed by atoms with Crippen LogP contribution < -0.4 is 14.8 Å². The van der Waals surface area contributed by atoms with Crippen molar-refractivity contribution < 1.29 is 19.1 Å². The van der Waals surface area contributed by atoms with Crippen LogP contribution in [0.3, 0.4) is 0 Å². The van der Waals surface area contributed by atoms with E-state index in [4.69, 9.17) is 21.1 Å². The Morgan fingerprint density at radius 2 is 1.83 bits per heavy atom. The number of amides is 1. The van der Waals surface area contributed by atoms with Crippen molar-refractivity contribution in [3.63, 3.8) is 0 Å². The van der Waals surface area contributed by atoms with Crippen LogP contribution in [-0.4, -0.2) is 25.9 Å². The van der Waals surface area contributed by atoms with E-state index in [-0.39, 0.29) is 29.9 Å². The van der Waals surface area contributed by atoms with E-state index in [1.807, 2.05) is 36.4 Å². The Labute approximate surface area is 174 Å². The molecule has 1 aliphatic carbocycles. The number of Topliss-reactive ketones (excluding diaryl/α,β-unsaturated/α-hetero) is 1. The number of halogens is 1. The van der Waals surface area contributed by atoms with Crippen molar-refractivity contribution in [2.75, 3.05) is 14.2 Å². The minimum absolute atomic E-state index is 0.0473. The summed E-state index contributed by atoms with van der Waals surface area (Å²) in [6.07, 6.45) is 1.17. The maximum Gasteiger partial charge on any atom is 0.225 e. The van der Waals surface area contributed by atoms with Gasteiger partial charge in [0, 0.05) is 46.5 Å². The summed E-state index contributed by atoms with van der Waals surface area (Å²) in [5, 5.41) is 3.54. The second-order valence-electron chi connectivity index (χ2n) is 7.39. The van der Waals surface area contributed by atoms with Crippen LogP contribution in [0, 0.1) is 0 Å². The molecule has 1 heterocycles. The van der Waals surface area contributed by atoms with Gasteiger partial charge in [-0.2, -0.15) is 0 Å². The van der Waals surface area contributed by atoms with Crippen LogP contribution in [0.4, 0.5) is 0 Å². The van der Waals surface area contributed by atoms with Gasteiger partial charge in [0.2, 0.25) is 5.91 Å². The fourth-order valence-corrected chi connectivity index (χ4v) is 4.55. The topological polar surface area (TPSA) is 64.6 Å². The highest BCUT2D eigenvalue weighted by atomic mass is 35.5. The first kappa shape index (κ1) is 19.5. The van der Waals surface area contributed by atoms with E-state index in [1.165, 1.54) is 0 Å². The number of carbonyl (C=O) groups excluding carboxylic acids is 2. The summed E-state index contributed by atoms with van der Waals surface area (Å²) in [6.45, 7) is 0. The zero-order valence-electron chi connectivity index (χ0n) is 16.3. The molecule has 0 radical (unpaired) electrons. The summed E-state index contributed by atoms with van der Waals surface area (Å²) < 4.78 is 10.9. The van der Waals surface area contributed by atoms with Crippen LogP contribution in [0.15, 0.2) is 53.7 Å². The molecule has 1 amide bonds. The Balaban J connectivity index is 1.74. The molecule has 2 aromatic carbocycles. The average Bonchev–Trinajstić information content (AvgIpc) is 2.72. The zero-order valence-corrected chi connectivity index (χ0v) is 17.1. The van der Waals surface area contributed by atoms with Crippen LogP contribution in [0.2, 0.25) is 5.02 Å². The molecule has 0 spiro atoms. The number of nitrogens with one attached hydrogen (secondary N) is 1. The maximum absolute atomic E-state index is 13.2. The molecular weight excluding hydrogens is 390 g/mol. The molecule has 0 aromatic heterocycles. The first-order valence-corrected chi connectivity index (χ1v) is 9.91. The molecule has 1 aliphatic heterocycles. The normalized spacial score (nSPS) is 21.5. The Hall–Kier alpha value is -2.79. The Bertz CT molecular complexity index is 1010. The van der Waals surface area contributed by atoms with E-state index < -0.39 is 0 Å². The molecule has 5 nitrogen and oxygen atoms in total. The lowest BCUT2D eigenvalue weighted by Crippen LogP contribution is -2.38. The molecule has 0 saturated heterocycles. The van der Waals surface area contributed by atoms with Gasteiger partial charge in [-0.25, -0.2) is 0 Å². The highest BCUT2D eigenvalue weighted by Crippen LogP contribution is 2.45. The van der Waals surface area contributed by atoms with Gasteiger partial charge < -0.3 is 14.8 Å². The number of carbonyl (C=O) groups is 2. The lowest BCUT2D eigenvalue weighted by molar-refractivity contribution is -0.122. The van der Waals surface area contributed by atoms with Gasteiger partial charge in [0.15, 0.2) is 5.78 Å². The van der Waals surface area contributed by atoms with Crippen molar-refractivity contribution in [2.24, 2.45) is 0 Å². The van der Waals surface area contributed by atoms with Gasteiger partial charge in [0.25, 0.3) is 0 Å². The monoisotopic (exact) mass is 411 g/mol. The highest BCUT2D eigenvalue weighted by molar-refractivity contribution is 6.30. The Morgan fingerprint density at radius 1 is 1.00 bits per heavy atom. The molecule has 2 aromatic rings. The van der Waals surface area contributed by atoms with Crippen LogP contribution in [0.25, 0.3) is 0 Å². The van der Waals surface area contributed by atoms with Crippen LogP contribution >= 0.6 is 11.6 Å². The third-order valence-corrected chi connectivity index (χ3v) is 5.90. The molecule has 29 heavy (non-hydrogen) atoms. The Kier molecular flexibility index (Phi) is 5.33. The first-order chi connectivity index (χ1) is 14.0. The number of hydrogen-bond donors (Lipinski definition) is 1. The molecule has 4 rings (SSSR count). The quantitative estimate of drug-likeness (QED) is 0.811. The maximum atomic E-state index is 13.2. The standard InChI is InChI=1S/C23H22ClNO4/c1-28-16-6-7-21(29-2)17(11-16)14-9-19-23(20(26)10-14)18(12-22(27)25-19)13-4-3-5-15(24)8-13/h3-8,11,14,18H,9-10,12H2,1-2H3,(H,25,27)/t14-,18-/m1/s1. The summed E-state index contributed by atoms with van der Waals surface area (Å²) in [5.74, 6) is 1.02. The van der Waals surface area contributed by atoms with E-state index >= 15 is 0 Å². The summed E-state index contributed by atoms with van der Waals surface area (Å²) in [7, 11) is 3.22. The first-order valence-electron chi connectivity index (χ1n) is 9.53. The van der Waals surface area contributed by atoms with Gasteiger partial charge in [-0.3, -0.25) is 9.59 Å². The molecule has 6 heteroatoms. The minimum atomic E-state index is -0.266. The number of ketones is 1. The van der Waals surface area contributed by atoms with Gasteiger partial charge in [-0.1, -0.05) is 23.7 Å². The van der Waals surface area contributed by atoms with E-state index in [1.54, 1.807) is 20.3 Å². The van der Waals surface area contributed by atoms with E-state index in [0.717, 1.165) is 11.1 Å². The van der Waals surface area contributed by atoms with Crippen LogP contribution in [0.5, 0.6) is 11.5 Å². The van der Waals surface area contributed by atoms with Gasteiger partial charge >= 0.3 is 0 Å². The second kappa shape index (κ2) is 7.91. The Morgan fingerprint density at radius 3 is 2.55 bits per heavy atom. The number of allylic oxidation sites excluding steroid dienone is 2. The number of hydrogen-bond acceptors (Lipinski definition) is 4. The van der Waals surface area contributed by atoms with Gasteiger partial charge in [0.1, 0.15) is 11.5 Å². The van der Waals surface area contributed by atoms with Gasteiger partial charge in [0.05, 0.1) is 14.2 Å². The molecule has 0 fully saturated rings. The number of ether oxygens (including phenoxy) is 2. The smallest absolute Gasteiger partial charge is 0.225 e. The van der Waals surface area contributed by atoms with Crippen molar-refractivity contribution in [1.82, 2.24) is 5.32 Å². The van der Waals surface area contributed by atoms with E-state index in [0.29, 0.717) is 40.6 Å². The fourth-order valence-electron chi connectivity index (χ4n) is 4.35. The molecule has 150 valence electrons. The molecule has 0 bridgehead atoms. The summed E-state index contributed by atoms with van der Waals surface area (Å²) in [5.41, 5.74) is 3.21. The van der Waals surface area contributed by atoms with Gasteiger partial charge in [-0.05, 0) is 42.3 Å². The van der Waals surface area contributed by atoms with Crippen molar-refractivity contribution >= 4 is 23.3 Å². The average molecular weight is 412 g/mol. The second-order valence-corrected chi connectivity index (χ2v) is 7.82. The van der Waals surface area contributed by atoms with Crippen molar-refractivity contribution in [3.8, 4) is 11.5 Å². The van der Waals surface area contributed by atoms with E-state index in [9.17, 15) is 9.59 Å². The van der Waals surface area contributed by atoms with Gasteiger partial charge in [-0.15, -0.1) is 0 Å². The fraction of sp³-hybridized carbons (Fsp3) is 0.304. The summed E-state index contributed by atoms with van der Waals surface area (Å²) in [6, 6.07) is 13.0. The van der Waals surface area contributed by atoms with Crippen LogP contribution in [0.1, 0.15) is 42.2 Å². The molecule has 2 aliphatic rings. The largest absolute Gasteiger partial charge is 0.497 e.